The second-order valence-electron chi connectivity index (χ2n) is 10.2. The van der Waals surface area contributed by atoms with Crippen LogP contribution in [-0.4, -0.2) is 64.5 Å². The highest BCUT2D eigenvalue weighted by molar-refractivity contribution is 5.98. The van der Waals surface area contributed by atoms with Gasteiger partial charge in [0.15, 0.2) is 0 Å². The Bertz CT molecular complexity index is 1370. The van der Waals surface area contributed by atoms with Crippen LogP contribution in [0.3, 0.4) is 0 Å². The zero-order chi connectivity index (χ0) is 26.2. The van der Waals surface area contributed by atoms with Crippen molar-refractivity contribution in [3.05, 3.63) is 76.2 Å². The maximum Gasteiger partial charge on any atom is 0.254 e. The Morgan fingerprint density at radius 3 is 2.70 bits per heavy atom. The van der Waals surface area contributed by atoms with E-state index in [1.807, 2.05) is 25.1 Å². The number of ether oxygens (including phenoxy) is 1. The Balaban J connectivity index is 1.52. The van der Waals surface area contributed by atoms with Crippen molar-refractivity contribution >= 4 is 17.5 Å². The molecule has 2 aliphatic rings. The summed E-state index contributed by atoms with van der Waals surface area (Å²) in [5.41, 5.74) is 5.44. The zero-order valence-electron chi connectivity index (χ0n) is 21.9. The smallest absolute Gasteiger partial charge is 0.254 e. The molecule has 9 heteroatoms. The average Bonchev–Trinajstić information content (AvgIpc) is 3.49. The number of rotatable bonds is 9. The van der Waals surface area contributed by atoms with Crippen LogP contribution < -0.4 is 10.1 Å². The largest absolute Gasteiger partial charge is 0.505 e. The number of imidazole rings is 1. The number of pyridine rings is 1. The molecule has 0 atom stereocenters. The molecule has 1 spiro atoms. The van der Waals surface area contributed by atoms with E-state index in [4.69, 9.17) is 11.3 Å². The van der Waals surface area contributed by atoms with Crippen molar-refractivity contribution in [1.82, 2.24) is 24.3 Å². The van der Waals surface area contributed by atoms with Crippen LogP contribution in [0.5, 0.6) is 5.75 Å². The van der Waals surface area contributed by atoms with Crippen LogP contribution in [-0.2, 0) is 25.0 Å². The van der Waals surface area contributed by atoms with E-state index < -0.39 is 0 Å². The van der Waals surface area contributed by atoms with Gasteiger partial charge in [0.2, 0.25) is 11.6 Å². The monoisotopic (exact) mass is 499 g/mol. The first-order valence-electron chi connectivity index (χ1n) is 12.7. The van der Waals surface area contributed by atoms with E-state index in [9.17, 15) is 4.79 Å². The Morgan fingerprint density at radius 1 is 1.22 bits per heavy atom. The molecule has 1 amide bonds. The minimum absolute atomic E-state index is 0.00252. The number of hydrogen-bond donors (Lipinski definition) is 1. The van der Waals surface area contributed by atoms with Gasteiger partial charge in [0.05, 0.1) is 32.0 Å². The number of carbonyl (C=O) groups excluding carboxylic acids is 1. The third kappa shape index (κ3) is 4.77. The number of hydrogen-bond acceptors (Lipinski definition) is 6. The van der Waals surface area contributed by atoms with Crippen LogP contribution in [0.2, 0.25) is 0 Å². The number of nitrogens with one attached hydrogen (secondary N) is 1. The van der Waals surface area contributed by atoms with E-state index in [1.165, 1.54) is 11.1 Å². The topological polar surface area (TPSA) is 79.9 Å². The lowest BCUT2D eigenvalue weighted by Gasteiger charge is -2.37. The van der Waals surface area contributed by atoms with Crippen molar-refractivity contribution in [3.63, 3.8) is 0 Å². The zero-order valence-corrected chi connectivity index (χ0v) is 21.9. The van der Waals surface area contributed by atoms with Gasteiger partial charge in [0.25, 0.3) is 5.91 Å². The summed E-state index contributed by atoms with van der Waals surface area (Å²) < 4.78 is 7.71. The second-order valence-corrected chi connectivity index (χ2v) is 10.2. The standard InChI is InChI=1S/C28H33N7O2/c1-6-37-24-13-21(32-14-23(24)29-2)17-35-18-28(7-8-28)25-20(16-33(4)5)11-19(12-22(25)26(35)36)15-34-10-9-31-27(34)30-3/h9-14H,6-8,15-18H2,1,3-5H3,(H,30,31). The summed E-state index contributed by atoms with van der Waals surface area (Å²) in [5, 5.41) is 3.13. The van der Waals surface area contributed by atoms with Crippen molar-refractivity contribution < 1.29 is 9.53 Å². The van der Waals surface area contributed by atoms with Gasteiger partial charge in [0.1, 0.15) is 5.75 Å². The van der Waals surface area contributed by atoms with Gasteiger partial charge in [-0.2, -0.15) is 0 Å². The molecule has 0 bridgehead atoms. The van der Waals surface area contributed by atoms with Crippen LogP contribution >= 0.6 is 0 Å². The highest BCUT2D eigenvalue weighted by Crippen LogP contribution is 2.54. The predicted octanol–water partition coefficient (Wildman–Crippen LogP) is 4.07. The quantitative estimate of drug-likeness (QED) is 0.447. The van der Waals surface area contributed by atoms with Crippen LogP contribution in [0.4, 0.5) is 11.6 Å². The van der Waals surface area contributed by atoms with Gasteiger partial charge in [-0.15, -0.1) is 0 Å². The van der Waals surface area contributed by atoms with E-state index in [2.05, 4.69) is 55.8 Å². The number of amides is 1. The molecular weight excluding hydrogens is 466 g/mol. The molecule has 9 nitrogen and oxygen atoms in total. The van der Waals surface area contributed by atoms with Crippen molar-refractivity contribution in [2.45, 2.75) is 44.8 Å². The molecule has 1 saturated carbocycles. The maximum atomic E-state index is 14.0. The van der Waals surface area contributed by atoms with Gasteiger partial charge < -0.3 is 24.4 Å². The van der Waals surface area contributed by atoms with Crippen LogP contribution in [0.25, 0.3) is 4.85 Å². The van der Waals surface area contributed by atoms with Gasteiger partial charge in [-0.1, -0.05) is 6.07 Å². The van der Waals surface area contributed by atoms with Crippen LogP contribution in [0.15, 0.2) is 36.8 Å². The number of aromatic nitrogens is 3. The fraction of sp³-hybridized carbons (Fsp3) is 0.429. The van der Waals surface area contributed by atoms with E-state index in [0.29, 0.717) is 37.7 Å². The molecule has 1 aromatic carbocycles. The summed E-state index contributed by atoms with van der Waals surface area (Å²) in [6.07, 6.45) is 7.41. The Hall–Kier alpha value is -3.90. The lowest BCUT2D eigenvalue weighted by atomic mass is 9.81. The molecule has 192 valence electrons. The maximum absolute atomic E-state index is 14.0. The summed E-state index contributed by atoms with van der Waals surface area (Å²) in [7, 11) is 6.00. The molecule has 0 unspecified atom stereocenters. The number of anilines is 1. The molecule has 5 rings (SSSR count). The summed E-state index contributed by atoms with van der Waals surface area (Å²) >= 11 is 0. The lowest BCUT2D eigenvalue weighted by molar-refractivity contribution is 0.0695. The van der Waals surface area contributed by atoms with Gasteiger partial charge >= 0.3 is 0 Å². The summed E-state index contributed by atoms with van der Waals surface area (Å²) in [6, 6.07) is 6.13. The van der Waals surface area contributed by atoms with Crippen molar-refractivity contribution in [3.8, 4) is 5.75 Å². The summed E-state index contributed by atoms with van der Waals surface area (Å²) in [4.78, 5) is 30.4. The first-order valence-corrected chi connectivity index (χ1v) is 12.7. The highest BCUT2D eigenvalue weighted by atomic mass is 16.5. The van der Waals surface area contributed by atoms with Crippen molar-refractivity contribution in [2.75, 3.05) is 39.6 Å². The fourth-order valence-electron chi connectivity index (χ4n) is 5.46. The van der Waals surface area contributed by atoms with E-state index in [1.54, 1.807) is 18.5 Å². The summed E-state index contributed by atoms with van der Waals surface area (Å²) in [6.45, 7) is 12.2. The van der Waals surface area contributed by atoms with E-state index in [0.717, 1.165) is 42.2 Å². The minimum atomic E-state index is -0.00252. The molecule has 37 heavy (non-hydrogen) atoms. The molecule has 1 N–H and O–H groups in total. The molecular formula is C28H33N7O2. The molecule has 3 aromatic rings. The van der Waals surface area contributed by atoms with Crippen LogP contribution in [0, 0.1) is 6.57 Å². The first-order chi connectivity index (χ1) is 17.9. The number of benzene rings is 1. The van der Waals surface area contributed by atoms with E-state index >= 15 is 0 Å². The fourth-order valence-corrected chi connectivity index (χ4v) is 5.46. The lowest BCUT2D eigenvalue weighted by Crippen LogP contribution is -2.44. The Kier molecular flexibility index (Phi) is 6.61. The number of fused-ring (bicyclic) bond motifs is 2. The molecule has 3 heterocycles. The minimum Gasteiger partial charge on any atom is -0.505 e. The SMILES string of the molecule is [C-]#[N+]c1cnc(CN2CC3(CC3)c3c(CN(C)C)cc(Cn4ccnc4NC)cc3C2=O)cc1OCC. The Morgan fingerprint density at radius 2 is 2.03 bits per heavy atom. The van der Waals surface area contributed by atoms with Crippen molar-refractivity contribution in [2.24, 2.45) is 0 Å². The highest BCUT2D eigenvalue weighted by Gasteiger charge is 2.52. The van der Waals surface area contributed by atoms with Gasteiger partial charge in [-0.3, -0.25) is 9.78 Å². The van der Waals surface area contributed by atoms with Crippen LogP contribution in [0.1, 0.15) is 52.5 Å². The third-order valence-electron chi connectivity index (χ3n) is 7.13. The summed E-state index contributed by atoms with van der Waals surface area (Å²) in [5.74, 6) is 1.34. The van der Waals surface area contributed by atoms with Gasteiger partial charge in [-0.05, 0) is 62.7 Å². The second kappa shape index (κ2) is 9.87. The molecule has 1 aliphatic heterocycles. The number of nitrogens with zero attached hydrogens (tertiary/aromatic N) is 6. The van der Waals surface area contributed by atoms with Crippen molar-refractivity contribution in [1.29, 1.82) is 0 Å². The Labute approximate surface area is 217 Å². The first kappa shape index (κ1) is 24.8. The molecule has 1 fully saturated rings. The molecule has 1 aliphatic carbocycles. The average molecular weight is 500 g/mol. The number of carbonyl (C=O) groups is 1. The molecule has 0 saturated heterocycles. The van der Waals surface area contributed by atoms with Gasteiger partial charge in [-0.25, -0.2) is 9.83 Å². The van der Waals surface area contributed by atoms with Gasteiger partial charge in [0, 0.05) is 49.7 Å². The third-order valence-corrected chi connectivity index (χ3v) is 7.13. The molecule has 2 aromatic heterocycles. The van der Waals surface area contributed by atoms with E-state index in [-0.39, 0.29) is 11.3 Å². The normalized spacial score (nSPS) is 15.6. The molecule has 0 radical (unpaired) electrons. The predicted molar refractivity (Wildman–Crippen MR) is 142 cm³/mol.